The Bertz CT molecular complexity index is 1220. The van der Waals surface area contributed by atoms with Gasteiger partial charge in [-0.2, -0.15) is 0 Å². The summed E-state index contributed by atoms with van der Waals surface area (Å²) >= 11 is 6.17. The summed E-state index contributed by atoms with van der Waals surface area (Å²) in [6.07, 6.45) is 0. The predicted octanol–water partition coefficient (Wildman–Crippen LogP) is 6.09. The second-order valence-electron chi connectivity index (χ2n) is 7.28. The van der Waals surface area contributed by atoms with Gasteiger partial charge in [0.2, 0.25) is 5.89 Å². The first kappa shape index (κ1) is 20.0. The fraction of sp³-hybridized carbons (Fsp3) is 0.167. The SMILES string of the molecule is Cc1cccc(-c2nc3cc(NC(=O)COc4cc(C)c(Cl)c(C)c4)ccc3o2)c1. The van der Waals surface area contributed by atoms with Crippen LogP contribution in [0.15, 0.2) is 59.0 Å². The molecule has 1 amide bonds. The number of benzene rings is 3. The van der Waals surface area contributed by atoms with Gasteiger partial charge in [-0.1, -0.05) is 29.3 Å². The van der Waals surface area contributed by atoms with Crippen LogP contribution in [0.25, 0.3) is 22.6 Å². The molecule has 0 aliphatic carbocycles. The number of halogens is 1. The number of carbonyl (C=O) groups is 1. The summed E-state index contributed by atoms with van der Waals surface area (Å²) in [7, 11) is 0. The predicted molar refractivity (Wildman–Crippen MR) is 119 cm³/mol. The Morgan fingerprint density at radius 1 is 1.07 bits per heavy atom. The fourth-order valence-corrected chi connectivity index (χ4v) is 3.35. The summed E-state index contributed by atoms with van der Waals surface area (Å²) in [6.45, 7) is 5.72. The van der Waals surface area contributed by atoms with Crippen molar-refractivity contribution in [2.24, 2.45) is 0 Å². The summed E-state index contributed by atoms with van der Waals surface area (Å²) in [5, 5.41) is 3.54. The number of anilines is 1. The van der Waals surface area contributed by atoms with Gasteiger partial charge in [0.1, 0.15) is 11.3 Å². The number of hydrogen-bond acceptors (Lipinski definition) is 4. The molecule has 1 N–H and O–H groups in total. The molecule has 3 aromatic carbocycles. The molecule has 0 saturated heterocycles. The number of hydrogen-bond donors (Lipinski definition) is 1. The van der Waals surface area contributed by atoms with Crippen molar-refractivity contribution >= 4 is 34.3 Å². The Hall–Kier alpha value is -3.31. The molecule has 0 atom stereocenters. The first-order chi connectivity index (χ1) is 14.4. The Labute approximate surface area is 179 Å². The molecule has 5 nitrogen and oxygen atoms in total. The third kappa shape index (κ3) is 4.31. The summed E-state index contributed by atoms with van der Waals surface area (Å²) in [4.78, 5) is 16.9. The van der Waals surface area contributed by atoms with Crippen molar-refractivity contribution in [2.75, 3.05) is 11.9 Å². The number of aromatic nitrogens is 1. The van der Waals surface area contributed by atoms with Crippen molar-refractivity contribution < 1.29 is 13.9 Å². The second kappa shape index (κ2) is 8.20. The molecule has 1 aromatic heterocycles. The zero-order valence-electron chi connectivity index (χ0n) is 17.0. The highest BCUT2D eigenvalue weighted by Crippen LogP contribution is 2.27. The van der Waals surface area contributed by atoms with Crippen molar-refractivity contribution in [3.05, 3.63) is 76.3 Å². The van der Waals surface area contributed by atoms with E-state index in [1.807, 2.05) is 57.2 Å². The van der Waals surface area contributed by atoms with Crippen molar-refractivity contribution in [3.63, 3.8) is 0 Å². The molecule has 0 bridgehead atoms. The van der Waals surface area contributed by atoms with Gasteiger partial charge < -0.3 is 14.5 Å². The van der Waals surface area contributed by atoms with Crippen LogP contribution in [0.2, 0.25) is 5.02 Å². The minimum atomic E-state index is -0.262. The van der Waals surface area contributed by atoms with E-state index >= 15 is 0 Å². The van der Waals surface area contributed by atoms with Crippen LogP contribution in [-0.2, 0) is 4.79 Å². The van der Waals surface area contributed by atoms with Crippen LogP contribution in [-0.4, -0.2) is 17.5 Å². The molecule has 0 spiro atoms. The number of rotatable bonds is 5. The number of aryl methyl sites for hydroxylation is 3. The van der Waals surface area contributed by atoms with E-state index in [2.05, 4.69) is 10.3 Å². The summed E-state index contributed by atoms with van der Waals surface area (Å²) in [6, 6.07) is 17.0. The molecule has 4 aromatic rings. The van der Waals surface area contributed by atoms with Gasteiger partial charge in [-0.05, 0) is 74.4 Å². The average molecular weight is 421 g/mol. The molecule has 4 rings (SSSR count). The number of nitrogens with one attached hydrogen (secondary N) is 1. The molecule has 0 unspecified atom stereocenters. The van der Waals surface area contributed by atoms with Gasteiger partial charge in [-0.25, -0.2) is 4.98 Å². The number of amides is 1. The molecule has 0 radical (unpaired) electrons. The van der Waals surface area contributed by atoms with Gasteiger partial charge in [0, 0.05) is 16.3 Å². The van der Waals surface area contributed by atoms with Crippen LogP contribution in [0.5, 0.6) is 5.75 Å². The average Bonchev–Trinajstić information content (AvgIpc) is 3.14. The van der Waals surface area contributed by atoms with E-state index in [1.165, 1.54) is 0 Å². The lowest BCUT2D eigenvalue weighted by Crippen LogP contribution is -2.20. The smallest absolute Gasteiger partial charge is 0.262 e. The highest BCUT2D eigenvalue weighted by molar-refractivity contribution is 6.32. The third-order valence-electron chi connectivity index (χ3n) is 4.72. The number of fused-ring (bicyclic) bond motifs is 1. The van der Waals surface area contributed by atoms with Gasteiger partial charge >= 0.3 is 0 Å². The quantitative estimate of drug-likeness (QED) is 0.424. The topological polar surface area (TPSA) is 64.4 Å². The summed E-state index contributed by atoms with van der Waals surface area (Å²) < 4.78 is 11.5. The molecule has 152 valence electrons. The number of oxazole rings is 1. The van der Waals surface area contributed by atoms with Gasteiger partial charge in [-0.15, -0.1) is 0 Å². The molecular weight excluding hydrogens is 400 g/mol. The highest BCUT2D eigenvalue weighted by Gasteiger charge is 2.11. The standard InChI is InChI=1S/C24H21ClN2O3/c1-14-5-4-6-17(9-14)24-27-20-12-18(7-8-21(20)30-24)26-22(28)13-29-19-10-15(2)23(25)16(3)11-19/h4-12H,13H2,1-3H3,(H,26,28). The third-order valence-corrected chi connectivity index (χ3v) is 5.31. The molecule has 0 aliphatic heterocycles. The van der Waals surface area contributed by atoms with Gasteiger partial charge in [0.05, 0.1) is 0 Å². The number of ether oxygens (including phenoxy) is 1. The molecule has 30 heavy (non-hydrogen) atoms. The first-order valence-electron chi connectivity index (χ1n) is 9.56. The van der Waals surface area contributed by atoms with Gasteiger partial charge in [-0.3, -0.25) is 4.79 Å². The molecule has 0 fully saturated rings. The largest absolute Gasteiger partial charge is 0.484 e. The summed E-state index contributed by atoms with van der Waals surface area (Å²) in [5.41, 5.74) is 5.83. The summed E-state index contributed by atoms with van der Waals surface area (Å²) in [5.74, 6) is 0.898. The molecule has 0 aliphatic rings. The maximum atomic E-state index is 12.3. The van der Waals surface area contributed by atoms with E-state index < -0.39 is 0 Å². The van der Waals surface area contributed by atoms with E-state index in [4.69, 9.17) is 20.8 Å². The van der Waals surface area contributed by atoms with Crippen LogP contribution in [0.3, 0.4) is 0 Å². The zero-order valence-corrected chi connectivity index (χ0v) is 17.7. The van der Waals surface area contributed by atoms with Crippen molar-refractivity contribution in [2.45, 2.75) is 20.8 Å². The first-order valence-corrected chi connectivity index (χ1v) is 9.94. The van der Waals surface area contributed by atoms with Crippen LogP contribution < -0.4 is 10.1 Å². The van der Waals surface area contributed by atoms with Crippen LogP contribution in [0.1, 0.15) is 16.7 Å². The Balaban J connectivity index is 1.45. The van der Waals surface area contributed by atoms with Crippen molar-refractivity contribution in [3.8, 4) is 17.2 Å². The van der Waals surface area contributed by atoms with E-state index in [9.17, 15) is 4.79 Å². The molecular formula is C24H21ClN2O3. The monoisotopic (exact) mass is 420 g/mol. The molecule has 1 heterocycles. The molecule has 0 saturated carbocycles. The maximum absolute atomic E-state index is 12.3. The number of carbonyl (C=O) groups excluding carboxylic acids is 1. The second-order valence-corrected chi connectivity index (χ2v) is 7.66. The highest BCUT2D eigenvalue weighted by atomic mass is 35.5. The zero-order chi connectivity index (χ0) is 21.3. The van der Waals surface area contributed by atoms with Gasteiger partial charge in [0.15, 0.2) is 12.2 Å². The van der Waals surface area contributed by atoms with Crippen molar-refractivity contribution in [1.82, 2.24) is 4.98 Å². The molecule has 6 heteroatoms. The van der Waals surface area contributed by atoms with Crippen LogP contribution in [0.4, 0.5) is 5.69 Å². The minimum Gasteiger partial charge on any atom is -0.484 e. The fourth-order valence-electron chi connectivity index (χ4n) is 3.24. The van der Waals surface area contributed by atoms with E-state index in [0.717, 1.165) is 22.3 Å². The Morgan fingerprint density at radius 2 is 1.83 bits per heavy atom. The van der Waals surface area contributed by atoms with Crippen molar-refractivity contribution in [1.29, 1.82) is 0 Å². The van der Waals surface area contributed by atoms with Crippen LogP contribution >= 0.6 is 11.6 Å². The van der Waals surface area contributed by atoms with Gasteiger partial charge in [0.25, 0.3) is 5.91 Å². The van der Waals surface area contributed by atoms with E-state index in [-0.39, 0.29) is 12.5 Å². The normalized spacial score (nSPS) is 10.9. The lowest BCUT2D eigenvalue weighted by molar-refractivity contribution is -0.118. The lowest BCUT2D eigenvalue weighted by Gasteiger charge is -2.10. The Kier molecular flexibility index (Phi) is 5.46. The minimum absolute atomic E-state index is 0.105. The van der Waals surface area contributed by atoms with E-state index in [1.54, 1.807) is 18.2 Å². The number of nitrogens with zero attached hydrogens (tertiary/aromatic N) is 1. The Morgan fingerprint density at radius 3 is 2.57 bits per heavy atom. The van der Waals surface area contributed by atoms with E-state index in [0.29, 0.717) is 33.4 Å². The van der Waals surface area contributed by atoms with Crippen LogP contribution in [0, 0.1) is 20.8 Å². The maximum Gasteiger partial charge on any atom is 0.262 e. The lowest BCUT2D eigenvalue weighted by atomic mass is 10.1.